The predicted molar refractivity (Wildman–Crippen MR) is 58.6 cm³/mol. The van der Waals surface area contributed by atoms with Crippen LogP contribution in [-0.4, -0.2) is 4.98 Å². The third kappa shape index (κ3) is 1.29. The van der Waals surface area contributed by atoms with Crippen molar-refractivity contribution in [2.75, 3.05) is 5.73 Å². The molecule has 0 aliphatic carbocycles. The molecule has 0 saturated heterocycles. The average molecular weight is 237 g/mol. The topological polar surface area (TPSA) is 38.9 Å². The number of aryl methyl sites for hydroxylation is 1. The fourth-order valence-electron chi connectivity index (χ4n) is 1.43. The van der Waals surface area contributed by atoms with Gasteiger partial charge < -0.3 is 5.73 Å². The molecule has 0 aliphatic heterocycles. The lowest BCUT2D eigenvalue weighted by molar-refractivity contribution is 1.23. The Labute approximate surface area is 84.9 Å². The van der Waals surface area contributed by atoms with E-state index in [0.29, 0.717) is 0 Å². The fraction of sp³-hybridized carbons (Fsp3) is 0.100. The van der Waals surface area contributed by atoms with Gasteiger partial charge >= 0.3 is 0 Å². The van der Waals surface area contributed by atoms with Crippen molar-refractivity contribution < 1.29 is 0 Å². The third-order valence-corrected chi connectivity index (χ3v) is 2.70. The molecular formula is C10H9BrN2. The summed E-state index contributed by atoms with van der Waals surface area (Å²) in [5, 5.41) is 2.16. The summed E-state index contributed by atoms with van der Waals surface area (Å²) in [5.74, 6) is 0. The van der Waals surface area contributed by atoms with Gasteiger partial charge in [-0.2, -0.15) is 0 Å². The molecule has 2 N–H and O–H groups in total. The molecule has 0 bridgehead atoms. The maximum Gasteiger partial charge on any atom is 0.0458 e. The highest BCUT2D eigenvalue weighted by molar-refractivity contribution is 9.10. The van der Waals surface area contributed by atoms with E-state index >= 15 is 0 Å². The van der Waals surface area contributed by atoms with Crippen LogP contribution < -0.4 is 5.73 Å². The van der Waals surface area contributed by atoms with Gasteiger partial charge in [-0.3, -0.25) is 4.98 Å². The number of fused-ring (bicyclic) bond motifs is 1. The highest BCUT2D eigenvalue weighted by atomic mass is 79.9. The van der Waals surface area contributed by atoms with Crippen molar-refractivity contribution in [3.63, 3.8) is 0 Å². The van der Waals surface area contributed by atoms with Gasteiger partial charge in [-0.15, -0.1) is 0 Å². The first-order chi connectivity index (χ1) is 6.20. The van der Waals surface area contributed by atoms with Gasteiger partial charge in [0.05, 0.1) is 0 Å². The minimum atomic E-state index is 0.787. The summed E-state index contributed by atoms with van der Waals surface area (Å²) in [4.78, 5) is 4.25. The number of benzene rings is 1. The number of nitrogen functional groups attached to an aromatic ring is 1. The lowest BCUT2D eigenvalue weighted by Crippen LogP contribution is -1.91. The zero-order chi connectivity index (χ0) is 9.42. The Balaban J connectivity index is 3.00. The van der Waals surface area contributed by atoms with Crippen molar-refractivity contribution in [3.05, 3.63) is 34.6 Å². The smallest absolute Gasteiger partial charge is 0.0458 e. The molecule has 0 spiro atoms. The number of halogens is 1. The predicted octanol–water partition coefficient (Wildman–Crippen LogP) is 2.89. The summed E-state index contributed by atoms with van der Waals surface area (Å²) in [6.45, 7) is 1.98. The number of nitrogens with zero attached hydrogens (tertiary/aromatic N) is 1. The second-order valence-electron chi connectivity index (χ2n) is 2.96. The molecular weight excluding hydrogens is 228 g/mol. The van der Waals surface area contributed by atoms with Crippen molar-refractivity contribution in [1.29, 1.82) is 0 Å². The second-order valence-corrected chi connectivity index (χ2v) is 3.82. The molecule has 1 aromatic heterocycles. The molecule has 2 aromatic rings. The van der Waals surface area contributed by atoms with Crippen molar-refractivity contribution >= 4 is 32.4 Å². The van der Waals surface area contributed by atoms with Gasteiger partial charge in [0.2, 0.25) is 0 Å². The first-order valence-electron chi connectivity index (χ1n) is 3.99. The first-order valence-corrected chi connectivity index (χ1v) is 4.79. The highest BCUT2D eigenvalue weighted by Crippen LogP contribution is 2.29. The summed E-state index contributed by atoms with van der Waals surface area (Å²) < 4.78 is 0.950. The Morgan fingerprint density at radius 2 is 2.15 bits per heavy atom. The molecule has 1 heterocycles. The molecule has 2 rings (SSSR count). The Bertz CT molecular complexity index is 457. The van der Waals surface area contributed by atoms with E-state index in [-0.39, 0.29) is 0 Å². The number of rotatable bonds is 0. The Morgan fingerprint density at radius 3 is 2.85 bits per heavy atom. The number of hydrogen-bond donors (Lipinski definition) is 1. The zero-order valence-corrected chi connectivity index (χ0v) is 8.80. The summed E-state index contributed by atoms with van der Waals surface area (Å²) in [5.41, 5.74) is 7.66. The van der Waals surface area contributed by atoms with Gasteiger partial charge in [-0.25, -0.2) is 0 Å². The number of anilines is 1. The van der Waals surface area contributed by atoms with E-state index in [9.17, 15) is 0 Å². The molecule has 0 atom stereocenters. The van der Waals surface area contributed by atoms with Crippen LogP contribution in [-0.2, 0) is 0 Å². The van der Waals surface area contributed by atoms with E-state index in [1.165, 1.54) is 0 Å². The van der Waals surface area contributed by atoms with Crippen molar-refractivity contribution in [2.24, 2.45) is 0 Å². The van der Waals surface area contributed by atoms with Crippen LogP contribution in [0.2, 0.25) is 0 Å². The SMILES string of the molecule is Cc1ncc(Br)c2c(N)cccc12. The molecule has 0 unspecified atom stereocenters. The van der Waals surface area contributed by atoms with E-state index in [2.05, 4.69) is 20.9 Å². The van der Waals surface area contributed by atoms with Gasteiger partial charge in [0.1, 0.15) is 0 Å². The summed E-state index contributed by atoms with van der Waals surface area (Å²) in [6.07, 6.45) is 1.79. The quantitative estimate of drug-likeness (QED) is 0.715. The summed E-state index contributed by atoms with van der Waals surface area (Å²) in [6, 6.07) is 5.87. The van der Waals surface area contributed by atoms with Gasteiger partial charge in [-0.1, -0.05) is 12.1 Å². The van der Waals surface area contributed by atoms with Gasteiger partial charge in [0.15, 0.2) is 0 Å². The second kappa shape index (κ2) is 3.00. The molecule has 13 heavy (non-hydrogen) atoms. The molecule has 1 aromatic carbocycles. The number of nitrogens with two attached hydrogens (primary N) is 1. The van der Waals surface area contributed by atoms with Gasteiger partial charge in [-0.05, 0) is 28.9 Å². The molecule has 0 amide bonds. The van der Waals surface area contributed by atoms with Gasteiger partial charge in [0, 0.05) is 32.8 Å². The molecule has 0 aliphatic rings. The van der Waals surface area contributed by atoms with Gasteiger partial charge in [0.25, 0.3) is 0 Å². The molecule has 0 radical (unpaired) electrons. The largest absolute Gasteiger partial charge is 0.398 e. The molecule has 3 heteroatoms. The van der Waals surface area contributed by atoms with E-state index in [0.717, 1.165) is 26.6 Å². The van der Waals surface area contributed by atoms with E-state index in [1.54, 1.807) is 6.20 Å². The number of aromatic nitrogens is 1. The molecule has 66 valence electrons. The maximum absolute atomic E-state index is 5.87. The minimum Gasteiger partial charge on any atom is -0.398 e. The standard InChI is InChI=1S/C10H9BrN2/c1-6-7-3-2-4-9(12)10(7)8(11)5-13-6/h2-5H,12H2,1H3. The summed E-state index contributed by atoms with van der Waals surface area (Å²) >= 11 is 3.44. The molecule has 0 saturated carbocycles. The minimum absolute atomic E-state index is 0.787. The van der Waals surface area contributed by atoms with E-state index in [1.807, 2.05) is 25.1 Å². The van der Waals surface area contributed by atoms with Crippen LogP contribution in [0.25, 0.3) is 10.8 Å². The Hall–Kier alpha value is -1.09. The van der Waals surface area contributed by atoms with Crippen LogP contribution in [0, 0.1) is 6.92 Å². The first kappa shape index (κ1) is 8.51. The van der Waals surface area contributed by atoms with Crippen molar-refractivity contribution in [2.45, 2.75) is 6.92 Å². The molecule has 0 fully saturated rings. The zero-order valence-electron chi connectivity index (χ0n) is 7.21. The Morgan fingerprint density at radius 1 is 1.38 bits per heavy atom. The monoisotopic (exact) mass is 236 g/mol. The van der Waals surface area contributed by atoms with Crippen LogP contribution >= 0.6 is 15.9 Å². The fourth-order valence-corrected chi connectivity index (χ4v) is 1.97. The van der Waals surface area contributed by atoms with Crippen LogP contribution in [0.3, 0.4) is 0 Å². The maximum atomic E-state index is 5.87. The third-order valence-electron chi connectivity index (χ3n) is 2.10. The van der Waals surface area contributed by atoms with Crippen LogP contribution in [0.4, 0.5) is 5.69 Å². The Kier molecular flexibility index (Phi) is 1.96. The lowest BCUT2D eigenvalue weighted by Gasteiger charge is -2.05. The number of pyridine rings is 1. The van der Waals surface area contributed by atoms with Crippen molar-refractivity contribution in [3.8, 4) is 0 Å². The molecule has 2 nitrogen and oxygen atoms in total. The van der Waals surface area contributed by atoms with Crippen molar-refractivity contribution in [1.82, 2.24) is 4.98 Å². The summed E-state index contributed by atoms with van der Waals surface area (Å²) in [7, 11) is 0. The average Bonchev–Trinajstić information content (AvgIpc) is 2.12. The van der Waals surface area contributed by atoms with E-state index in [4.69, 9.17) is 5.73 Å². The highest BCUT2D eigenvalue weighted by Gasteiger charge is 2.04. The van der Waals surface area contributed by atoms with E-state index < -0.39 is 0 Å². The van der Waals surface area contributed by atoms with Crippen LogP contribution in [0.1, 0.15) is 5.69 Å². The number of hydrogen-bond acceptors (Lipinski definition) is 2. The lowest BCUT2D eigenvalue weighted by atomic mass is 10.1. The van der Waals surface area contributed by atoms with Crippen LogP contribution in [0.15, 0.2) is 28.9 Å². The normalized spacial score (nSPS) is 10.6. The van der Waals surface area contributed by atoms with Crippen LogP contribution in [0.5, 0.6) is 0 Å².